The van der Waals surface area contributed by atoms with Gasteiger partial charge in [-0.05, 0) is 189 Å². The number of anilines is 6. The summed E-state index contributed by atoms with van der Waals surface area (Å²) in [5, 5.41) is 0. The number of hydrogen-bond donors (Lipinski definition) is 0. The third-order valence-electron chi connectivity index (χ3n) is 27.5. The summed E-state index contributed by atoms with van der Waals surface area (Å²) in [5.74, 6) is 4.99. The molecule has 23 rings (SSSR count). The quantitative estimate of drug-likeness (QED) is 0.135. The molecule has 590 valence electrons. The summed E-state index contributed by atoms with van der Waals surface area (Å²) >= 11 is 0. The van der Waals surface area contributed by atoms with Crippen LogP contribution in [0.2, 0.25) is 0 Å². The average Bonchev–Trinajstić information content (AvgIpc) is 1.51. The molecule has 6 heteroatoms. The monoisotopic (exact) mass is 1580 g/mol. The number of para-hydroxylation sites is 3. The second kappa shape index (κ2) is 27.4. The van der Waals surface area contributed by atoms with Crippen molar-refractivity contribution < 1.29 is 14.2 Å². The van der Waals surface area contributed by atoms with Crippen LogP contribution in [0.4, 0.5) is 34.1 Å². The normalized spacial score (nSPS) is 14.6. The summed E-state index contributed by atoms with van der Waals surface area (Å²) in [6, 6.07) is 139. The van der Waals surface area contributed by atoms with E-state index < -0.39 is 23.0 Å². The van der Waals surface area contributed by atoms with Gasteiger partial charge in [0.25, 0.3) is 6.71 Å². The number of ether oxygens (including phenoxy) is 3. The van der Waals surface area contributed by atoms with E-state index in [2.05, 4.69) is 449 Å². The van der Waals surface area contributed by atoms with E-state index >= 15 is 0 Å². The fourth-order valence-electron chi connectivity index (χ4n) is 21.3. The zero-order valence-electron chi connectivity index (χ0n) is 70.9. The molecule has 0 amide bonds. The molecule has 17 aromatic carbocycles. The lowest BCUT2D eigenvalue weighted by Gasteiger charge is -2.47. The minimum Gasteiger partial charge on any atom is -0.457 e. The minimum atomic E-state index is -0.693. The first-order chi connectivity index (χ1) is 59.7. The van der Waals surface area contributed by atoms with Gasteiger partial charge in [0, 0.05) is 101 Å². The van der Waals surface area contributed by atoms with Crippen molar-refractivity contribution in [2.75, 3.05) is 9.80 Å². The van der Waals surface area contributed by atoms with Gasteiger partial charge in [0.2, 0.25) is 0 Å². The van der Waals surface area contributed by atoms with Gasteiger partial charge in [-0.1, -0.05) is 354 Å². The highest BCUT2D eigenvalue weighted by Crippen LogP contribution is 2.65. The van der Waals surface area contributed by atoms with Crippen molar-refractivity contribution >= 4 is 57.2 Å². The van der Waals surface area contributed by atoms with Gasteiger partial charge in [-0.25, -0.2) is 0 Å². The van der Waals surface area contributed by atoms with E-state index in [0.717, 1.165) is 196 Å². The van der Waals surface area contributed by atoms with E-state index in [4.69, 9.17) is 14.2 Å². The molecular weight excluding hydrogens is 1490 g/mol. The molecule has 6 aliphatic rings. The van der Waals surface area contributed by atoms with Crippen LogP contribution in [0, 0.1) is 0 Å². The Kier molecular flexibility index (Phi) is 16.5. The zero-order chi connectivity index (χ0) is 83.2. The molecule has 5 aliphatic heterocycles. The van der Waals surface area contributed by atoms with Crippen molar-refractivity contribution in [3.8, 4) is 124 Å². The largest absolute Gasteiger partial charge is 0.457 e. The summed E-state index contributed by atoms with van der Waals surface area (Å²) in [5.41, 5.74) is 36.9. The van der Waals surface area contributed by atoms with Crippen LogP contribution < -0.4 is 40.4 Å². The zero-order valence-corrected chi connectivity index (χ0v) is 70.9. The molecule has 123 heavy (non-hydrogen) atoms. The number of nitrogens with zero attached hydrogens (tertiary/aromatic N) is 2. The van der Waals surface area contributed by atoms with Gasteiger partial charge in [0.05, 0.1) is 16.8 Å². The molecule has 0 fully saturated rings. The molecule has 0 atom stereocenters. The molecule has 1 spiro atoms. The number of benzene rings is 17. The SMILES string of the molecule is CC(C)(C)c1cc(-c2ccccc2)c(N2c3cc4c(cc3B3c5cc6c(cc5N(c5c(-c7ccccc7)cc(C(C)(C)C)cc5-c5cccc(-c7ccccc7)c5)c5cc(-c7ccc8c(c7)Oc7ccccc7C87c8ccccc8-c8ccccc87)cc2c53)Oc2ccccc2C6(C)C)C(C)(C)c2ccccc2O4)c(-c2cccc(-c3ccccc3)c2)c1. The highest BCUT2D eigenvalue weighted by molar-refractivity contribution is 7.00. The molecule has 17 aromatic rings. The highest BCUT2D eigenvalue weighted by Gasteiger charge is 2.53. The molecular formula is C117H91BN2O3. The molecule has 0 N–H and O–H groups in total. The third kappa shape index (κ3) is 11.4. The maximum atomic E-state index is 7.59. The second-order valence-corrected chi connectivity index (χ2v) is 37.4. The summed E-state index contributed by atoms with van der Waals surface area (Å²) in [6.07, 6.45) is 0. The predicted octanol–water partition coefficient (Wildman–Crippen LogP) is 29.4. The van der Waals surface area contributed by atoms with Gasteiger partial charge in [0.15, 0.2) is 0 Å². The molecule has 0 radical (unpaired) electrons. The predicted molar refractivity (Wildman–Crippen MR) is 511 cm³/mol. The Morgan fingerprint density at radius 3 is 0.976 bits per heavy atom. The molecule has 0 bridgehead atoms. The molecule has 0 saturated heterocycles. The van der Waals surface area contributed by atoms with Crippen molar-refractivity contribution in [1.82, 2.24) is 0 Å². The van der Waals surface area contributed by atoms with Crippen LogP contribution in [0.3, 0.4) is 0 Å². The van der Waals surface area contributed by atoms with Gasteiger partial charge in [-0.15, -0.1) is 0 Å². The summed E-state index contributed by atoms with van der Waals surface area (Å²) in [4.78, 5) is 5.40. The number of fused-ring (bicyclic) bond motifs is 17. The van der Waals surface area contributed by atoms with Crippen molar-refractivity contribution in [3.63, 3.8) is 0 Å². The van der Waals surface area contributed by atoms with Gasteiger partial charge in [-0.3, -0.25) is 0 Å². The Morgan fingerprint density at radius 2 is 0.553 bits per heavy atom. The van der Waals surface area contributed by atoms with Crippen LogP contribution in [-0.2, 0) is 27.1 Å². The Bertz CT molecular complexity index is 6870. The highest BCUT2D eigenvalue weighted by atomic mass is 16.5. The fraction of sp³-hybridized carbons (Fsp3) is 0.128. The second-order valence-electron chi connectivity index (χ2n) is 37.4. The number of hydrogen-bond acceptors (Lipinski definition) is 5. The summed E-state index contributed by atoms with van der Waals surface area (Å²) < 4.78 is 22.7. The fourth-order valence-corrected chi connectivity index (χ4v) is 21.3. The van der Waals surface area contributed by atoms with Crippen LogP contribution in [0.15, 0.2) is 370 Å². The molecule has 0 saturated carbocycles. The smallest absolute Gasteiger partial charge is 0.252 e. The minimum absolute atomic E-state index is 0.293. The first kappa shape index (κ1) is 73.9. The standard InChI is InChI=1S/C117H91BN2O3/c1-113(2,3)82-64-86(74-39-19-13-20-40-74)111(88(66-82)79-45-33-43-76(59-79)72-35-15-11-16-36-72)119-100-70-108-96(115(7,8)92-51-27-30-54-104(92)121-108)68-98(100)118-99-69-97-109(122-105-55-31-28-52-93(105)116(97,9)10)71-101(99)120(112-87(75-41-21-14-22-42-75)65-83(114(4,5)6)67-89(112)80-46-34-44-77(60-80)73-37-17-12-18-38-73)103-62-81(61-102(119)110(103)118)78-57-58-95-107(63-78)123-106-56-32-29-53-94(106)117(95)90-49-25-23-47-84(90)85-48-24-26-50-91(85)117/h11-71H,1-10H3. The average molecular weight is 1580 g/mol. The van der Waals surface area contributed by atoms with E-state index in [9.17, 15) is 0 Å². The molecule has 0 unspecified atom stereocenters. The Balaban J connectivity index is 0.910. The first-order valence-corrected chi connectivity index (χ1v) is 43.4. The molecule has 1 aliphatic carbocycles. The summed E-state index contributed by atoms with van der Waals surface area (Å²) in [7, 11) is 0. The van der Waals surface area contributed by atoms with Crippen LogP contribution in [0.5, 0.6) is 34.5 Å². The van der Waals surface area contributed by atoms with Crippen LogP contribution in [0.1, 0.15) is 125 Å². The van der Waals surface area contributed by atoms with Crippen LogP contribution in [0.25, 0.3) is 89.0 Å². The van der Waals surface area contributed by atoms with E-state index in [0.29, 0.717) is 0 Å². The lowest BCUT2D eigenvalue weighted by Crippen LogP contribution is -2.62. The van der Waals surface area contributed by atoms with Crippen molar-refractivity contribution in [3.05, 3.63) is 426 Å². The molecule has 5 nitrogen and oxygen atoms in total. The maximum Gasteiger partial charge on any atom is 0.252 e. The van der Waals surface area contributed by atoms with Gasteiger partial charge in [0.1, 0.15) is 34.5 Å². The van der Waals surface area contributed by atoms with Gasteiger partial charge < -0.3 is 24.0 Å². The van der Waals surface area contributed by atoms with Gasteiger partial charge in [-0.2, -0.15) is 0 Å². The van der Waals surface area contributed by atoms with E-state index in [1.165, 1.54) is 33.4 Å². The molecule has 0 aromatic heterocycles. The lowest BCUT2D eigenvalue weighted by molar-refractivity contribution is 0.418. The lowest BCUT2D eigenvalue weighted by atomic mass is 9.33. The van der Waals surface area contributed by atoms with E-state index in [1.807, 2.05) is 0 Å². The first-order valence-electron chi connectivity index (χ1n) is 43.4. The van der Waals surface area contributed by atoms with Crippen LogP contribution in [-0.4, -0.2) is 6.71 Å². The van der Waals surface area contributed by atoms with E-state index in [-0.39, 0.29) is 10.8 Å². The van der Waals surface area contributed by atoms with Gasteiger partial charge >= 0.3 is 0 Å². The Labute approximate surface area is 721 Å². The van der Waals surface area contributed by atoms with Crippen molar-refractivity contribution in [1.29, 1.82) is 0 Å². The van der Waals surface area contributed by atoms with E-state index in [1.54, 1.807) is 0 Å². The van der Waals surface area contributed by atoms with Crippen molar-refractivity contribution in [2.45, 2.75) is 96.3 Å². The van der Waals surface area contributed by atoms with Crippen molar-refractivity contribution in [2.24, 2.45) is 0 Å². The third-order valence-corrected chi connectivity index (χ3v) is 27.5. The Hall–Kier alpha value is -14.2. The van der Waals surface area contributed by atoms with Crippen LogP contribution >= 0.6 is 0 Å². The maximum absolute atomic E-state index is 7.59. The molecule has 5 heterocycles. The number of rotatable bonds is 9. The Morgan fingerprint density at radius 1 is 0.228 bits per heavy atom. The topological polar surface area (TPSA) is 34.2 Å². The summed E-state index contributed by atoms with van der Waals surface area (Å²) in [6.45, 7) is 23.3.